The van der Waals surface area contributed by atoms with E-state index in [2.05, 4.69) is 20.3 Å². The van der Waals surface area contributed by atoms with E-state index < -0.39 is 0 Å². The van der Waals surface area contributed by atoms with Crippen molar-refractivity contribution in [2.24, 2.45) is 0 Å². The van der Waals surface area contributed by atoms with E-state index in [1.165, 1.54) is 36.9 Å². The molecule has 0 amide bonds. The molecule has 2 aromatic heterocycles. The molecule has 0 atom stereocenters. The fourth-order valence-corrected chi connectivity index (χ4v) is 2.09. The van der Waals surface area contributed by atoms with Crippen molar-refractivity contribution in [2.45, 2.75) is 6.54 Å². The molecule has 126 valence electrons. The van der Waals surface area contributed by atoms with Crippen molar-refractivity contribution in [3.8, 4) is 0 Å². The lowest BCUT2D eigenvalue weighted by molar-refractivity contribution is 0.534. The predicted molar refractivity (Wildman–Crippen MR) is 91.0 cm³/mol. The van der Waals surface area contributed by atoms with Gasteiger partial charge in [0.05, 0.1) is 6.20 Å². The second-order valence-electron chi connectivity index (χ2n) is 5.06. The second kappa shape index (κ2) is 7.35. The fourth-order valence-electron chi connectivity index (χ4n) is 2.09. The molecule has 0 unspecified atom stereocenters. The molecule has 8 heteroatoms. The third kappa shape index (κ3) is 4.05. The Balaban J connectivity index is 1.85. The van der Waals surface area contributed by atoms with Gasteiger partial charge in [0.1, 0.15) is 29.3 Å². The first-order chi connectivity index (χ1) is 12.1. The van der Waals surface area contributed by atoms with Gasteiger partial charge in [0.2, 0.25) is 5.89 Å². The largest absolute Gasteiger partial charge is 0.443 e. The van der Waals surface area contributed by atoms with Crippen LogP contribution in [0.25, 0.3) is 5.70 Å². The van der Waals surface area contributed by atoms with Crippen molar-refractivity contribution in [3.05, 3.63) is 78.2 Å². The Kier molecular flexibility index (Phi) is 4.79. The monoisotopic (exact) mass is 338 g/mol. The third-order valence-corrected chi connectivity index (χ3v) is 3.30. The van der Waals surface area contributed by atoms with E-state index in [0.29, 0.717) is 11.3 Å². The van der Waals surface area contributed by atoms with Crippen LogP contribution in [0.4, 0.5) is 10.2 Å². The Morgan fingerprint density at radius 1 is 1.24 bits per heavy atom. The highest BCUT2D eigenvalue weighted by Crippen LogP contribution is 2.13. The zero-order valence-electron chi connectivity index (χ0n) is 13.1. The number of nitrogens with two attached hydrogens (primary N) is 1. The standard InChI is InChI=1S/C17H15FN6O/c18-12-4-2-1-3-11(12)10-23-14(17-22-7-8-25-17)9-13(19)16-21-6-5-15(20)24-16/h1-9,19,23H,10H2,(H2,20,21,24)/b14-9-,19-13?. The Hall–Kier alpha value is -3.55. The maximum absolute atomic E-state index is 13.8. The molecule has 2 heterocycles. The maximum atomic E-state index is 13.8. The molecule has 0 saturated carbocycles. The van der Waals surface area contributed by atoms with Gasteiger partial charge in [0.25, 0.3) is 0 Å². The van der Waals surface area contributed by atoms with Crippen LogP contribution >= 0.6 is 0 Å². The first-order valence-corrected chi connectivity index (χ1v) is 7.40. The highest BCUT2D eigenvalue weighted by Gasteiger charge is 2.11. The van der Waals surface area contributed by atoms with Crippen molar-refractivity contribution in [1.82, 2.24) is 20.3 Å². The van der Waals surface area contributed by atoms with Gasteiger partial charge in [-0.25, -0.2) is 19.3 Å². The molecule has 0 aliphatic heterocycles. The quantitative estimate of drug-likeness (QED) is 0.595. The highest BCUT2D eigenvalue weighted by atomic mass is 19.1. The van der Waals surface area contributed by atoms with Gasteiger partial charge in [-0.1, -0.05) is 18.2 Å². The summed E-state index contributed by atoms with van der Waals surface area (Å²) >= 11 is 0. The van der Waals surface area contributed by atoms with Gasteiger partial charge in [-0.3, -0.25) is 5.41 Å². The molecule has 0 aliphatic carbocycles. The minimum atomic E-state index is -0.323. The first-order valence-electron chi connectivity index (χ1n) is 7.40. The summed E-state index contributed by atoms with van der Waals surface area (Å²) in [5, 5.41) is 11.2. The van der Waals surface area contributed by atoms with Crippen molar-refractivity contribution >= 4 is 17.2 Å². The molecule has 3 rings (SSSR count). The molecular formula is C17H15FN6O. The molecule has 1 aromatic carbocycles. The SMILES string of the molecule is N=C(/C=C(\NCc1ccccc1F)c1ncco1)c1nccc(N)n1. The minimum Gasteiger partial charge on any atom is -0.443 e. The lowest BCUT2D eigenvalue weighted by Crippen LogP contribution is -2.15. The number of allylic oxidation sites excluding steroid dienone is 1. The molecular weight excluding hydrogens is 323 g/mol. The second-order valence-corrected chi connectivity index (χ2v) is 5.06. The number of nitrogens with zero attached hydrogens (tertiary/aromatic N) is 3. The predicted octanol–water partition coefficient (Wildman–Crippen LogP) is 2.38. The van der Waals surface area contributed by atoms with Gasteiger partial charge in [-0.2, -0.15) is 0 Å². The first kappa shape index (κ1) is 16.3. The van der Waals surface area contributed by atoms with Crippen LogP contribution in [0, 0.1) is 11.2 Å². The van der Waals surface area contributed by atoms with Crippen molar-refractivity contribution in [3.63, 3.8) is 0 Å². The molecule has 0 spiro atoms. The zero-order chi connectivity index (χ0) is 17.6. The van der Waals surface area contributed by atoms with E-state index in [9.17, 15) is 4.39 Å². The number of oxazole rings is 1. The number of hydrogen-bond donors (Lipinski definition) is 3. The van der Waals surface area contributed by atoms with Crippen LogP contribution in [-0.2, 0) is 6.54 Å². The van der Waals surface area contributed by atoms with Crippen LogP contribution < -0.4 is 11.1 Å². The zero-order valence-corrected chi connectivity index (χ0v) is 13.1. The minimum absolute atomic E-state index is 0.0153. The van der Waals surface area contributed by atoms with E-state index in [1.54, 1.807) is 18.2 Å². The average molecular weight is 338 g/mol. The van der Waals surface area contributed by atoms with Gasteiger partial charge >= 0.3 is 0 Å². The third-order valence-electron chi connectivity index (χ3n) is 3.30. The van der Waals surface area contributed by atoms with Crippen molar-refractivity contribution < 1.29 is 8.81 Å². The molecule has 7 nitrogen and oxygen atoms in total. The summed E-state index contributed by atoms with van der Waals surface area (Å²) < 4.78 is 19.1. The Labute approximate surface area is 143 Å². The summed E-state index contributed by atoms with van der Waals surface area (Å²) in [5.41, 5.74) is 6.52. The topological polar surface area (TPSA) is 114 Å². The van der Waals surface area contributed by atoms with Crippen LogP contribution in [-0.4, -0.2) is 20.7 Å². The van der Waals surface area contributed by atoms with Crippen LogP contribution in [0.5, 0.6) is 0 Å². The van der Waals surface area contributed by atoms with E-state index in [-0.39, 0.29) is 35.6 Å². The van der Waals surface area contributed by atoms with E-state index in [0.717, 1.165) is 0 Å². The maximum Gasteiger partial charge on any atom is 0.242 e. The Morgan fingerprint density at radius 3 is 2.80 bits per heavy atom. The number of hydrogen-bond acceptors (Lipinski definition) is 7. The highest BCUT2D eigenvalue weighted by molar-refractivity contribution is 6.07. The smallest absolute Gasteiger partial charge is 0.242 e. The van der Waals surface area contributed by atoms with Gasteiger partial charge < -0.3 is 15.5 Å². The van der Waals surface area contributed by atoms with E-state index in [1.807, 2.05) is 0 Å². The van der Waals surface area contributed by atoms with Crippen molar-refractivity contribution in [1.29, 1.82) is 5.41 Å². The van der Waals surface area contributed by atoms with E-state index >= 15 is 0 Å². The number of rotatable bonds is 6. The summed E-state index contributed by atoms with van der Waals surface area (Å²) in [5.74, 6) is 0.373. The molecule has 4 N–H and O–H groups in total. The van der Waals surface area contributed by atoms with Gasteiger partial charge in [0.15, 0.2) is 5.82 Å². The molecule has 0 aliphatic rings. The average Bonchev–Trinajstić information content (AvgIpc) is 3.14. The van der Waals surface area contributed by atoms with E-state index in [4.69, 9.17) is 15.6 Å². The molecule has 25 heavy (non-hydrogen) atoms. The molecule has 0 fully saturated rings. The van der Waals surface area contributed by atoms with Crippen molar-refractivity contribution in [2.75, 3.05) is 5.73 Å². The molecule has 0 radical (unpaired) electrons. The number of nitrogen functional groups attached to an aromatic ring is 1. The summed E-state index contributed by atoms with van der Waals surface area (Å²) in [7, 11) is 0. The number of anilines is 1. The fraction of sp³-hybridized carbons (Fsp3) is 0.0588. The number of halogens is 1. The Morgan fingerprint density at radius 2 is 2.08 bits per heavy atom. The summed E-state index contributed by atoms with van der Waals surface area (Å²) in [6.07, 6.45) is 5.82. The summed E-state index contributed by atoms with van der Waals surface area (Å²) in [6.45, 7) is 0.200. The van der Waals surface area contributed by atoms with Crippen LogP contribution in [0.3, 0.4) is 0 Å². The van der Waals surface area contributed by atoms with Gasteiger partial charge in [-0.15, -0.1) is 0 Å². The Bertz CT molecular complexity index is 907. The van der Waals surface area contributed by atoms with Gasteiger partial charge in [0, 0.05) is 18.3 Å². The summed E-state index contributed by atoms with van der Waals surface area (Å²) in [4.78, 5) is 12.1. The lowest BCUT2D eigenvalue weighted by Gasteiger charge is -2.09. The number of benzene rings is 1. The lowest BCUT2D eigenvalue weighted by atomic mass is 10.2. The van der Waals surface area contributed by atoms with Crippen LogP contribution in [0.15, 0.2) is 59.5 Å². The number of nitrogens with one attached hydrogen (secondary N) is 2. The molecule has 0 saturated heterocycles. The normalized spacial score (nSPS) is 11.3. The molecule has 3 aromatic rings. The van der Waals surface area contributed by atoms with Gasteiger partial charge in [-0.05, 0) is 18.2 Å². The molecule has 0 bridgehead atoms. The number of aromatic nitrogens is 3. The van der Waals surface area contributed by atoms with Crippen LogP contribution in [0.2, 0.25) is 0 Å². The van der Waals surface area contributed by atoms with Crippen LogP contribution in [0.1, 0.15) is 17.3 Å². The summed E-state index contributed by atoms with van der Waals surface area (Å²) in [6, 6.07) is 7.95.